The smallest absolute Gasteiger partial charge is 0.407 e. The van der Waals surface area contributed by atoms with E-state index in [0.717, 1.165) is 30.4 Å². The van der Waals surface area contributed by atoms with Crippen molar-refractivity contribution in [1.29, 1.82) is 0 Å². The molecule has 1 fully saturated rings. The number of rotatable bonds is 10. The monoisotopic (exact) mass is 478 g/mol. The van der Waals surface area contributed by atoms with Crippen molar-refractivity contribution < 1.29 is 24.2 Å². The number of benzene rings is 2. The summed E-state index contributed by atoms with van der Waals surface area (Å²) in [6, 6.07) is 16.0. The SMILES string of the molecule is CCC[C@H](CC(=O)N1CCCC1CCC(=O)O)NC(=O)OCC1c2ccccc2-c2ccccc21. The van der Waals surface area contributed by atoms with Gasteiger partial charge in [0.1, 0.15) is 6.61 Å². The Hall–Kier alpha value is -3.35. The lowest BCUT2D eigenvalue weighted by Gasteiger charge is -2.27. The van der Waals surface area contributed by atoms with Crippen LogP contribution in [0, 0.1) is 0 Å². The first-order valence-electron chi connectivity index (χ1n) is 12.6. The molecule has 1 aliphatic heterocycles. The number of alkyl carbamates (subject to hydrolysis) is 1. The number of hydrogen-bond acceptors (Lipinski definition) is 4. The van der Waals surface area contributed by atoms with Crippen LogP contribution in [-0.2, 0) is 14.3 Å². The normalized spacial score (nSPS) is 17.5. The number of hydrogen-bond donors (Lipinski definition) is 2. The van der Waals surface area contributed by atoms with Crippen LogP contribution in [0.15, 0.2) is 48.5 Å². The highest BCUT2D eigenvalue weighted by atomic mass is 16.5. The van der Waals surface area contributed by atoms with Crippen LogP contribution in [0.1, 0.15) is 68.9 Å². The summed E-state index contributed by atoms with van der Waals surface area (Å²) >= 11 is 0. The second-order valence-corrected chi connectivity index (χ2v) is 9.48. The van der Waals surface area contributed by atoms with Crippen LogP contribution in [0.4, 0.5) is 4.79 Å². The van der Waals surface area contributed by atoms with Crippen LogP contribution in [0.5, 0.6) is 0 Å². The van der Waals surface area contributed by atoms with E-state index in [1.807, 2.05) is 31.2 Å². The van der Waals surface area contributed by atoms with Crippen LogP contribution >= 0.6 is 0 Å². The number of nitrogens with zero attached hydrogens (tertiary/aromatic N) is 1. The molecule has 1 aliphatic carbocycles. The molecule has 2 atom stereocenters. The molecule has 2 aliphatic rings. The Morgan fingerprint density at radius 1 is 1.09 bits per heavy atom. The fourth-order valence-corrected chi connectivity index (χ4v) is 5.46. The Labute approximate surface area is 206 Å². The van der Waals surface area contributed by atoms with Gasteiger partial charge in [0.05, 0.1) is 0 Å². The van der Waals surface area contributed by atoms with Gasteiger partial charge in [0.2, 0.25) is 5.91 Å². The standard InChI is InChI=1S/C28H34N2O5/c1-2-8-19(17-26(31)30-16-7-9-20(30)14-15-27(32)33)29-28(34)35-18-25-23-12-5-3-10-21(23)22-11-4-6-13-24(22)25/h3-6,10-13,19-20,25H,2,7-9,14-18H2,1H3,(H,29,34)(H,32,33)/t19-,20?/m1/s1. The minimum Gasteiger partial charge on any atom is -0.481 e. The summed E-state index contributed by atoms with van der Waals surface area (Å²) in [5.74, 6) is -0.889. The highest BCUT2D eigenvalue weighted by Crippen LogP contribution is 2.44. The van der Waals surface area contributed by atoms with Gasteiger partial charge in [0.15, 0.2) is 0 Å². The molecule has 0 radical (unpaired) electrons. The molecule has 186 valence electrons. The van der Waals surface area contributed by atoms with E-state index < -0.39 is 12.1 Å². The third kappa shape index (κ3) is 5.84. The molecule has 2 aromatic rings. The van der Waals surface area contributed by atoms with E-state index >= 15 is 0 Å². The second kappa shape index (κ2) is 11.4. The predicted octanol–water partition coefficient (Wildman–Crippen LogP) is 4.94. The molecule has 2 aromatic carbocycles. The number of amides is 2. The summed E-state index contributed by atoms with van der Waals surface area (Å²) in [7, 11) is 0. The molecule has 4 rings (SSSR count). The molecule has 2 N–H and O–H groups in total. The Morgan fingerprint density at radius 2 is 1.74 bits per heavy atom. The number of carboxylic acid groups (broad SMARTS) is 1. The minimum atomic E-state index is -0.843. The first kappa shape index (κ1) is 24.8. The molecular formula is C28H34N2O5. The highest BCUT2D eigenvalue weighted by molar-refractivity contribution is 5.80. The maximum Gasteiger partial charge on any atom is 0.407 e. The van der Waals surface area contributed by atoms with Crippen molar-refractivity contribution in [2.24, 2.45) is 0 Å². The van der Waals surface area contributed by atoms with Gasteiger partial charge in [-0.15, -0.1) is 0 Å². The second-order valence-electron chi connectivity index (χ2n) is 9.48. The van der Waals surface area contributed by atoms with Crippen molar-refractivity contribution in [3.05, 3.63) is 59.7 Å². The largest absolute Gasteiger partial charge is 0.481 e. The van der Waals surface area contributed by atoms with Crippen molar-refractivity contribution in [2.75, 3.05) is 13.2 Å². The summed E-state index contributed by atoms with van der Waals surface area (Å²) < 4.78 is 5.67. The van der Waals surface area contributed by atoms with E-state index in [9.17, 15) is 14.4 Å². The summed E-state index contributed by atoms with van der Waals surface area (Å²) in [4.78, 5) is 38.5. The molecular weight excluding hydrogens is 444 g/mol. The topological polar surface area (TPSA) is 95.9 Å². The number of carboxylic acids is 1. The third-order valence-electron chi connectivity index (χ3n) is 7.11. The van der Waals surface area contributed by atoms with Crippen LogP contribution in [0.25, 0.3) is 11.1 Å². The molecule has 2 amide bonds. The lowest BCUT2D eigenvalue weighted by Crippen LogP contribution is -2.42. The molecule has 1 unspecified atom stereocenters. The Bertz CT molecular complexity index is 1020. The first-order valence-corrected chi connectivity index (χ1v) is 12.6. The summed E-state index contributed by atoms with van der Waals surface area (Å²) in [5, 5.41) is 11.9. The van der Waals surface area contributed by atoms with E-state index in [4.69, 9.17) is 9.84 Å². The van der Waals surface area contributed by atoms with Gasteiger partial charge < -0.3 is 20.1 Å². The summed E-state index contributed by atoms with van der Waals surface area (Å²) in [5.41, 5.74) is 4.66. The van der Waals surface area contributed by atoms with Crippen molar-refractivity contribution in [3.8, 4) is 11.1 Å². The lowest BCUT2D eigenvalue weighted by molar-refractivity contribution is -0.139. The zero-order chi connectivity index (χ0) is 24.8. The van der Waals surface area contributed by atoms with Crippen LogP contribution < -0.4 is 5.32 Å². The van der Waals surface area contributed by atoms with Crippen LogP contribution in [0.2, 0.25) is 0 Å². The summed E-state index contributed by atoms with van der Waals surface area (Å²) in [6.07, 6.45) is 3.42. The van der Waals surface area contributed by atoms with Gasteiger partial charge in [-0.25, -0.2) is 4.79 Å². The Balaban J connectivity index is 1.34. The van der Waals surface area contributed by atoms with Gasteiger partial charge in [-0.05, 0) is 47.9 Å². The summed E-state index contributed by atoms with van der Waals surface area (Å²) in [6.45, 7) is 2.89. The minimum absolute atomic E-state index is 0.0148. The van der Waals surface area contributed by atoms with Crippen molar-refractivity contribution >= 4 is 18.0 Å². The zero-order valence-electron chi connectivity index (χ0n) is 20.2. The predicted molar refractivity (Wildman–Crippen MR) is 133 cm³/mol. The fraction of sp³-hybridized carbons (Fsp3) is 0.464. The van der Waals surface area contributed by atoms with Gasteiger partial charge in [0.25, 0.3) is 0 Å². The quantitative estimate of drug-likeness (QED) is 0.504. The van der Waals surface area contributed by atoms with E-state index in [1.165, 1.54) is 11.1 Å². The molecule has 7 heteroatoms. The average Bonchev–Trinajstić information content (AvgIpc) is 3.44. The zero-order valence-corrected chi connectivity index (χ0v) is 20.2. The molecule has 0 bridgehead atoms. The highest BCUT2D eigenvalue weighted by Gasteiger charge is 2.32. The molecule has 1 saturated heterocycles. The molecule has 0 saturated carbocycles. The van der Waals surface area contributed by atoms with Gasteiger partial charge >= 0.3 is 12.1 Å². The maximum absolute atomic E-state index is 13.0. The lowest BCUT2D eigenvalue weighted by atomic mass is 9.98. The number of carbonyl (C=O) groups is 3. The van der Waals surface area contributed by atoms with E-state index in [0.29, 0.717) is 19.4 Å². The van der Waals surface area contributed by atoms with E-state index in [2.05, 4.69) is 29.6 Å². The maximum atomic E-state index is 13.0. The number of fused-ring (bicyclic) bond motifs is 3. The average molecular weight is 479 g/mol. The molecule has 7 nitrogen and oxygen atoms in total. The number of aliphatic carboxylic acids is 1. The fourth-order valence-electron chi connectivity index (χ4n) is 5.46. The first-order chi connectivity index (χ1) is 17.0. The number of ether oxygens (including phenoxy) is 1. The number of nitrogens with one attached hydrogen (secondary N) is 1. The Kier molecular flexibility index (Phi) is 8.06. The van der Waals surface area contributed by atoms with Crippen molar-refractivity contribution in [2.45, 2.75) is 69.9 Å². The van der Waals surface area contributed by atoms with Gasteiger partial charge in [-0.3, -0.25) is 9.59 Å². The molecule has 0 spiro atoms. The van der Waals surface area contributed by atoms with Crippen LogP contribution in [-0.4, -0.2) is 53.2 Å². The third-order valence-corrected chi connectivity index (χ3v) is 7.11. The molecule has 35 heavy (non-hydrogen) atoms. The molecule has 0 aromatic heterocycles. The van der Waals surface area contributed by atoms with E-state index in [-0.39, 0.29) is 43.4 Å². The van der Waals surface area contributed by atoms with E-state index in [1.54, 1.807) is 4.90 Å². The van der Waals surface area contributed by atoms with Crippen LogP contribution in [0.3, 0.4) is 0 Å². The van der Waals surface area contributed by atoms with Crippen molar-refractivity contribution in [1.82, 2.24) is 10.2 Å². The number of likely N-dealkylation sites (tertiary alicyclic amines) is 1. The van der Waals surface area contributed by atoms with Gasteiger partial charge in [0, 0.05) is 37.4 Å². The number of carbonyl (C=O) groups excluding carboxylic acids is 2. The molecule has 1 heterocycles. The van der Waals surface area contributed by atoms with Gasteiger partial charge in [-0.1, -0.05) is 61.9 Å². The van der Waals surface area contributed by atoms with Gasteiger partial charge in [-0.2, -0.15) is 0 Å². The Morgan fingerprint density at radius 3 is 2.37 bits per heavy atom. The van der Waals surface area contributed by atoms with Crippen molar-refractivity contribution in [3.63, 3.8) is 0 Å².